The number of phenols is 1. The van der Waals surface area contributed by atoms with Crippen molar-refractivity contribution in [3.05, 3.63) is 47.7 Å². The maximum atomic E-state index is 11.4. The first kappa shape index (κ1) is 27.7. The number of likely N-dealkylation sites (N-methyl/N-ethyl adjacent to an activating group) is 2. The van der Waals surface area contributed by atoms with Crippen molar-refractivity contribution in [2.45, 2.75) is 32.0 Å². The highest BCUT2D eigenvalue weighted by Gasteiger charge is 2.30. The van der Waals surface area contributed by atoms with Gasteiger partial charge in [-0.15, -0.1) is 0 Å². The van der Waals surface area contributed by atoms with Gasteiger partial charge in [0.2, 0.25) is 0 Å². The van der Waals surface area contributed by atoms with Crippen molar-refractivity contribution in [1.29, 1.82) is 0 Å². The normalized spacial score (nSPS) is 21.6. The number of hydrogen-bond donors (Lipinski definition) is 1. The molecule has 218 valence electrons. The summed E-state index contributed by atoms with van der Waals surface area (Å²) in [5.74, 6) is 1.22. The molecule has 0 radical (unpaired) electrons. The Morgan fingerprint density at radius 2 is 1.83 bits per heavy atom. The second kappa shape index (κ2) is 11.8. The Morgan fingerprint density at radius 3 is 2.63 bits per heavy atom. The first-order chi connectivity index (χ1) is 19.9. The van der Waals surface area contributed by atoms with E-state index in [4.69, 9.17) is 14.7 Å². The molecule has 41 heavy (non-hydrogen) atoms. The molecule has 10 nitrogen and oxygen atoms in total. The Morgan fingerprint density at radius 1 is 1.02 bits per heavy atom. The quantitative estimate of drug-likeness (QED) is 0.435. The fourth-order valence-corrected chi connectivity index (χ4v) is 6.34. The van der Waals surface area contributed by atoms with Crippen LogP contribution in [0.3, 0.4) is 0 Å². The van der Waals surface area contributed by atoms with Crippen LogP contribution >= 0.6 is 0 Å². The molecule has 2 aromatic carbocycles. The van der Waals surface area contributed by atoms with Crippen molar-refractivity contribution in [1.82, 2.24) is 24.7 Å². The number of aromatic nitrogens is 2. The molecule has 2 saturated heterocycles. The number of aromatic hydroxyl groups is 1. The maximum absolute atomic E-state index is 11.4. The van der Waals surface area contributed by atoms with Gasteiger partial charge < -0.3 is 29.3 Å². The zero-order valence-corrected chi connectivity index (χ0v) is 24.4. The van der Waals surface area contributed by atoms with Crippen LogP contribution in [0.4, 0.5) is 11.5 Å². The Kier molecular flexibility index (Phi) is 7.96. The fraction of sp³-hybridized carbons (Fsp3) is 0.516. The van der Waals surface area contributed by atoms with Crippen LogP contribution in [0.1, 0.15) is 18.2 Å². The minimum absolute atomic E-state index is 0.0772. The highest BCUT2D eigenvalue weighted by atomic mass is 16.5. The molecular weight excluding hydrogens is 518 g/mol. The largest absolute Gasteiger partial charge is 0.508 e. The standard InChI is InChI=1S/C31H41N7O3/c1-22(20-39)36-12-14-37(15-13-36)30-27-8-9-38(29-17-25(40)16-23-6-4-5-7-26(23)29)19-28(27)32-31(33-30)41-21-24-18-34(2)10-11-35(24)3/h4-7,16-17,20,22,24,40H,8-15,18-19,21H2,1-3H3. The molecule has 10 heteroatoms. The number of hydrogen-bond acceptors (Lipinski definition) is 10. The van der Waals surface area contributed by atoms with Gasteiger partial charge in [-0.3, -0.25) is 9.80 Å². The van der Waals surface area contributed by atoms with E-state index in [0.29, 0.717) is 19.2 Å². The predicted molar refractivity (Wildman–Crippen MR) is 161 cm³/mol. The lowest BCUT2D eigenvalue weighted by Gasteiger charge is -2.39. The molecule has 6 rings (SSSR count). The van der Waals surface area contributed by atoms with Crippen molar-refractivity contribution in [3.63, 3.8) is 0 Å². The van der Waals surface area contributed by atoms with Crippen LogP contribution < -0.4 is 14.5 Å². The van der Waals surface area contributed by atoms with Gasteiger partial charge in [0.1, 0.15) is 24.5 Å². The molecule has 4 heterocycles. The smallest absolute Gasteiger partial charge is 0.318 e. The summed E-state index contributed by atoms with van der Waals surface area (Å²) in [6.45, 7) is 10.2. The number of fused-ring (bicyclic) bond motifs is 2. The van der Waals surface area contributed by atoms with Crippen molar-refractivity contribution >= 4 is 28.6 Å². The molecule has 0 aliphatic carbocycles. The molecule has 0 bridgehead atoms. The SMILES string of the molecule is CC(C=O)N1CCN(c2nc(OCC3CN(C)CCN3C)nc3c2CCN(c2cc(O)cc4ccccc24)C3)CC1. The highest BCUT2D eigenvalue weighted by Crippen LogP contribution is 2.36. The van der Waals surface area contributed by atoms with Crippen molar-refractivity contribution in [2.75, 3.05) is 82.9 Å². The summed E-state index contributed by atoms with van der Waals surface area (Å²) in [7, 11) is 4.30. The van der Waals surface area contributed by atoms with Gasteiger partial charge in [-0.05, 0) is 38.9 Å². The number of carbonyl (C=O) groups is 1. The van der Waals surface area contributed by atoms with Gasteiger partial charge in [0.05, 0.1) is 24.3 Å². The van der Waals surface area contributed by atoms with E-state index in [1.54, 1.807) is 0 Å². The molecule has 1 aromatic heterocycles. The van der Waals surface area contributed by atoms with Gasteiger partial charge in [-0.2, -0.15) is 9.97 Å². The van der Waals surface area contributed by atoms with E-state index >= 15 is 0 Å². The zero-order valence-electron chi connectivity index (χ0n) is 24.4. The number of ether oxygens (including phenoxy) is 1. The molecule has 0 amide bonds. The molecule has 2 unspecified atom stereocenters. The first-order valence-electron chi connectivity index (χ1n) is 14.7. The maximum Gasteiger partial charge on any atom is 0.318 e. The average Bonchev–Trinajstić information content (AvgIpc) is 3.00. The van der Waals surface area contributed by atoms with Crippen LogP contribution in [-0.4, -0.2) is 121 Å². The molecule has 3 aliphatic heterocycles. The third kappa shape index (κ3) is 5.82. The lowest BCUT2D eigenvalue weighted by atomic mass is 10.0. The Hall–Kier alpha value is -3.47. The molecule has 1 N–H and O–H groups in total. The molecule has 0 saturated carbocycles. The molecule has 2 fully saturated rings. The number of rotatable bonds is 7. The summed E-state index contributed by atoms with van der Waals surface area (Å²) in [5, 5.41) is 12.6. The van der Waals surface area contributed by atoms with Gasteiger partial charge in [0.15, 0.2) is 0 Å². The van der Waals surface area contributed by atoms with Crippen LogP contribution in [-0.2, 0) is 17.8 Å². The van der Waals surface area contributed by atoms with E-state index in [1.807, 2.05) is 37.3 Å². The second-order valence-corrected chi connectivity index (χ2v) is 11.7. The minimum Gasteiger partial charge on any atom is -0.508 e. The number of carbonyl (C=O) groups excluding carboxylic acids is 1. The van der Waals surface area contributed by atoms with Crippen molar-refractivity contribution in [2.24, 2.45) is 0 Å². The number of phenolic OH excluding ortho intramolecular Hbond substituents is 1. The Labute approximate surface area is 242 Å². The van der Waals surface area contributed by atoms with Crippen molar-refractivity contribution < 1.29 is 14.6 Å². The molecular formula is C31H41N7O3. The predicted octanol–water partition coefficient (Wildman–Crippen LogP) is 2.23. The number of piperazine rings is 2. The van der Waals surface area contributed by atoms with Gasteiger partial charge >= 0.3 is 6.01 Å². The summed E-state index contributed by atoms with van der Waals surface area (Å²) in [4.78, 5) is 32.9. The number of benzene rings is 2. The molecule has 3 aromatic rings. The molecule has 0 spiro atoms. The lowest BCUT2D eigenvalue weighted by Crippen LogP contribution is -2.52. The topological polar surface area (TPSA) is 88.5 Å². The number of nitrogens with zero attached hydrogens (tertiary/aromatic N) is 7. The summed E-state index contributed by atoms with van der Waals surface area (Å²) in [5.41, 5.74) is 3.16. The number of anilines is 2. The van der Waals surface area contributed by atoms with Gasteiger partial charge in [-0.25, -0.2) is 0 Å². The van der Waals surface area contributed by atoms with Crippen LogP contribution in [0.5, 0.6) is 11.8 Å². The van der Waals surface area contributed by atoms with Crippen molar-refractivity contribution in [3.8, 4) is 11.8 Å². The Balaban J connectivity index is 1.30. The van der Waals surface area contributed by atoms with Crippen LogP contribution in [0.2, 0.25) is 0 Å². The fourth-order valence-electron chi connectivity index (χ4n) is 6.34. The summed E-state index contributed by atoms with van der Waals surface area (Å²) in [6.07, 6.45) is 1.82. The lowest BCUT2D eigenvalue weighted by molar-refractivity contribution is -0.112. The third-order valence-corrected chi connectivity index (χ3v) is 8.96. The third-order valence-electron chi connectivity index (χ3n) is 8.96. The number of aldehydes is 1. The molecule has 2 atom stereocenters. The van der Waals surface area contributed by atoms with E-state index in [0.717, 1.165) is 93.0 Å². The Bertz CT molecular complexity index is 1390. The molecule has 3 aliphatic rings. The van der Waals surface area contributed by atoms with Crippen LogP contribution in [0.15, 0.2) is 36.4 Å². The summed E-state index contributed by atoms with van der Waals surface area (Å²) in [6, 6.07) is 12.5. The van der Waals surface area contributed by atoms with Gasteiger partial charge in [0.25, 0.3) is 0 Å². The van der Waals surface area contributed by atoms with E-state index in [1.165, 1.54) is 5.56 Å². The van der Waals surface area contributed by atoms with Crippen LogP contribution in [0, 0.1) is 0 Å². The average molecular weight is 560 g/mol. The van der Waals surface area contributed by atoms with Crippen LogP contribution in [0.25, 0.3) is 10.8 Å². The van der Waals surface area contributed by atoms with Gasteiger partial charge in [0, 0.05) is 75.1 Å². The zero-order chi connectivity index (χ0) is 28.5. The summed E-state index contributed by atoms with van der Waals surface area (Å²) < 4.78 is 6.34. The highest BCUT2D eigenvalue weighted by molar-refractivity contribution is 5.95. The second-order valence-electron chi connectivity index (χ2n) is 11.7. The van der Waals surface area contributed by atoms with Gasteiger partial charge in [-0.1, -0.05) is 24.3 Å². The van der Waals surface area contributed by atoms with E-state index in [-0.39, 0.29) is 17.8 Å². The van der Waals surface area contributed by atoms with E-state index in [2.05, 4.69) is 44.7 Å². The minimum atomic E-state index is -0.0772. The first-order valence-corrected chi connectivity index (χ1v) is 14.7. The van der Waals surface area contributed by atoms with E-state index in [9.17, 15) is 9.90 Å². The van der Waals surface area contributed by atoms with E-state index < -0.39 is 0 Å². The summed E-state index contributed by atoms with van der Waals surface area (Å²) >= 11 is 0. The monoisotopic (exact) mass is 559 g/mol.